The van der Waals surface area contributed by atoms with E-state index in [0.29, 0.717) is 5.92 Å². The number of fused-ring (bicyclic) bond motifs is 2. The Balaban J connectivity index is 1.76. The van der Waals surface area contributed by atoms with Crippen LogP contribution in [0.1, 0.15) is 0 Å². The summed E-state index contributed by atoms with van der Waals surface area (Å²) in [7, 11) is 0. The minimum absolute atomic E-state index is 0.635. The van der Waals surface area contributed by atoms with Crippen LogP contribution in [0.4, 0.5) is 0 Å². The van der Waals surface area contributed by atoms with E-state index in [9.17, 15) is 0 Å². The molecule has 5 aliphatic rings. The first-order chi connectivity index (χ1) is 6.95. The van der Waals surface area contributed by atoms with E-state index in [1.165, 1.54) is 0 Å². The van der Waals surface area contributed by atoms with Gasteiger partial charge in [-0.1, -0.05) is 12.2 Å². The Hall–Kier alpha value is -0.340. The van der Waals surface area contributed by atoms with Crippen LogP contribution in [0, 0.1) is 35.5 Å². The molecule has 0 aromatic rings. The minimum Gasteiger partial charge on any atom is -0.381 e. The first kappa shape index (κ1) is 7.89. The maximum Gasteiger partial charge on any atom is 0.0532 e. The van der Waals surface area contributed by atoms with Crippen LogP contribution in [-0.4, -0.2) is 26.4 Å². The fraction of sp³-hybridized carbons (Fsp3) is 0.833. The molecule has 2 heteroatoms. The predicted molar refractivity (Wildman–Crippen MR) is 51.7 cm³/mol. The molecule has 2 nitrogen and oxygen atoms in total. The molecule has 76 valence electrons. The molecule has 2 aliphatic carbocycles. The van der Waals surface area contributed by atoms with Gasteiger partial charge in [0.05, 0.1) is 26.4 Å². The van der Waals surface area contributed by atoms with Crippen LogP contribution in [0.25, 0.3) is 0 Å². The first-order valence-electron chi connectivity index (χ1n) is 5.79. The second-order valence-electron chi connectivity index (χ2n) is 5.27. The van der Waals surface area contributed by atoms with E-state index in [-0.39, 0.29) is 0 Å². The van der Waals surface area contributed by atoms with E-state index in [2.05, 4.69) is 12.2 Å². The van der Waals surface area contributed by atoms with Gasteiger partial charge < -0.3 is 9.47 Å². The van der Waals surface area contributed by atoms with Gasteiger partial charge in [0.2, 0.25) is 0 Å². The molecular formula is C12H16O2. The zero-order valence-electron chi connectivity index (χ0n) is 8.26. The number of rotatable bonds is 0. The number of hydrogen-bond acceptors (Lipinski definition) is 2. The highest BCUT2D eigenvalue weighted by Gasteiger charge is 2.58. The molecule has 0 aromatic heterocycles. The summed E-state index contributed by atoms with van der Waals surface area (Å²) in [5.74, 6) is 4.77. The van der Waals surface area contributed by atoms with E-state index in [4.69, 9.17) is 9.47 Å². The van der Waals surface area contributed by atoms with Crippen molar-refractivity contribution in [2.75, 3.05) is 26.4 Å². The summed E-state index contributed by atoms with van der Waals surface area (Å²) in [6.45, 7) is 3.91. The van der Waals surface area contributed by atoms with Crippen molar-refractivity contribution in [3.63, 3.8) is 0 Å². The second kappa shape index (κ2) is 2.61. The van der Waals surface area contributed by atoms with E-state index in [0.717, 1.165) is 56.0 Å². The third-order valence-electron chi connectivity index (χ3n) is 4.71. The van der Waals surface area contributed by atoms with Gasteiger partial charge in [0.25, 0.3) is 0 Å². The number of ether oxygens (including phenoxy) is 2. The van der Waals surface area contributed by atoms with Gasteiger partial charge in [-0.2, -0.15) is 0 Å². The molecule has 14 heavy (non-hydrogen) atoms. The van der Waals surface area contributed by atoms with Gasteiger partial charge in [-0.3, -0.25) is 0 Å². The standard InChI is InChI=1S/C12H16O2/c1-2-8-10-5-13-3-7(1)9-4-14-6-11(9)12(8)10/h1-2,7-12H,3-6H2/t7-,8?,9-,10-,11-,12?/m1/s1. The summed E-state index contributed by atoms with van der Waals surface area (Å²) < 4.78 is 11.4. The summed E-state index contributed by atoms with van der Waals surface area (Å²) >= 11 is 0. The molecule has 2 saturated heterocycles. The smallest absolute Gasteiger partial charge is 0.0532 e. The molecule has 2 unspecified atom stereocenters. The Morgan fingerprint density at radius 1 is 0.786 bits per heavy atom. The van der Waals surface area contributed by atoms with Crippen molar-refractivity contribution in [3.05, 3.63) is 12.2 Å². The zero-order chi connectivity index (χ0) is 9.12. The monoisotopic (exact) mass is 192 g/mol. The summed E-state index contributed by atoms with van der Waals surface area (Å²) in [4.78, 5) is 0. The van der Waals surface area contributed by atoms with E-state index < -0.39 is 0 Å². The van der Waals surface area contributed by atoms with E-state index >= 15 is 0 Å². The molecule has 5 rings (SSSR count). The van der Waals surface area contributed by atoms with E-state index in [1.54, 1.807) is 0 Å². The van der Waals surface area contributed by atoms with Gasteiger partial charge in [-0.05, 0) is 29.6 Å². The molecule has 0 N–H and O–H groups in total. The summed E-state index contributed by atoms with van der Waals surface area (Å²) in [6.07, 6.45) is 4.89. The van der Waals surface area contributed by atoms with Crippen molar-refractivity contribution < 1.29 is 9.47 Å². The van der Waals surface area contributed by atoms with Crippen molar-refractivity contribution in [1.82, 2.24) is 0 Å². The molecule has 0 amide bonds. The van der Waals surface area contributed by atoms with Gasteiger partial charge in [0.15, 0.2) is 0 Å². The molecule has 0 spiro atoms. The van der Waals surface area contributed by atoms with Crippen molar-refractivity contribution in [3.8, 4) is 0 Å². The maximum atomic E-state index is 5.76. The Kier molecular flexibility index (Phi) is 1.47. The highest BCUT2D eigenvalue weighted by atomic mass is 16.5. The first-order valence-corrected chi connectivity index (χ1v) is 5.79. The average molecular weight is 192 g/mol. The number of hydrogen-bond donors (Lipinski definition) is 0. The molecule has 4 bridgehead atoms. The van der Waals surface area contributed by atoms with Crippen molar-refractivity contribution in [2.24, 2.45) is 35.5 Å². The molecular weight excluding hydrogens is 176 g/mol. The van der Waals surface area contributed by atoms with Gasteiger partial charge in [-0.25, -0.2) is 0 Å². The third kappa shape index (κ3) is 0.887. The normalized spacial score (nSPS) is 58.9. The Labute approximate surface area is 84.3 Å². The number of allylic oxidation sites excluding steroid dienone is 1. The average Bonchev–Trinajstić information content (AvgIpc) is 2.63. The maximum absolute atomic E-state index is 5.76. The summed E-state index contributed by atoms with van der Waals surface area (Å²) in [6, 6.07) is 0. The molecule has 6 atom stereocenters. The molecule has 3 aliphatic heterocycles. The lowest BCUT2D eigenvalue weighted by atomic mass is 9.81. The predicted octanol–water partition coefficient (Wildman–Crippen LogP) is 1.33. The van der Waals surface area contributed by atoms with Crippen molar-refractivity contribution in [2.45, 2.75) is 0 Å². The molecule has 1 saturated carbocycles. The minimum atomic E-state index is 0.635. The van der Waals surface area contributed by atoms with Crippen LogP contribution < -0.4 is 0 Å². The highest BCUT2D eigenvalue weighted by Crippen LogP contribution is 2.59. The Bertz CT molecular complexity index is 286. The van der Waals surface area contributed by atoms with Crippen LogP contribution in [-0.2, 0) is 9.47 Å². The summed E-state index contributed by atoms with van der Waals surface area (Å²) in [5.41, 5.74) is 0. The fourth-order valence-electron chi connectivity index (χ4n) is 3.88. The largest absolute Gasteiger partial charge is 0.381 e. The van der Waals surface area contributed by atoms with Gasteiger partial charge >= 0.3 is 0 Å². The van der Waals surface area contributed by atoms with Crippen LogP contribution in [0.5, 0.6) is 0 Å². The van der Waals surface area contributed by atoms with Gasteiger partial charge in [-0.15, -0.1) is 0 Å². The molecule has 0 radical (unpaired) electrons. The van der Waals surface area contributed by atoms with Crippen LogP contribution in [0.15, 0.2) is 12.2 Å². The van der Waals surface area contributed by atoms with Crippen LogP contribution >= 0.6 is 0 Å². The Morgan fingerprint density at radius 2 is 1.57 bits per heavy atom. The van der Waals surface area contributed by atoms with Crippen LogP contribution in [0.2, 0.25) is 0 Å². The second-order valence-corrected chi connectivity index (χ2v) is 5.27. The van der Waals surface area contributed by atoms with Crippen molar-refractivity contribution in [1.29, 1.82) is 0 Å². The fourth-order valence-corrected chi connectivity index (χ4v) is 3.88. The quantitative estimate of drug-likeness (QED) is 0.539. The highest BCUT2D eigenvalue weighted by molar-refractivity contribution is 5.18. The molecule has 3 fully saturated rings. The zero-order valence-corrected chi connectivity index (χ0v) is 8.26. The van der Waals surface area contributed by atoms with Gasteiger partial charge in [0.1, 0.15) is 0 Å². The Morgan fingerprint density at radius 3 is 2.57 bits per heavy atom. The lowest BCUT2D eigenvalue weighted by Gasteiger charge is -2.26. The SMILES string of the molecule is C1=C[C@@H]2COC[C@@H]3C1C3[C@@H]1COC[C@H]21. The molecule has 0 aromatic carbocycles. The van der Waals surface area contributed by atoms with E-state index in [1.807, 2.05) is 0 Å². The topological polar surface area (TPSA) is 18.5 Å². The third-order valence-corrected chi connectivity index (χ3v) is 4.71. The lowest BCUT2D eigenvalue weighted by molar-refractivity contribution is 0.0556. The molecule has 3 heterocycles. The van der Waals surface area contributed by atoms with Crippen molar-refractivity contribution >= 4 is 0 Å². The summed E-state index contributed by atoms with van der Waals surface area (Å²) in [5, 5.41) is 0. The van der Waals surface area contributed by atoms with Gasteiger partial charge in [0, 0.05) is 5.92 Å². The lowest BCUT2D eigenvalue weighted by Crippen LogP contribution is -2.29. The van der Waals surface area contributed by atoms with Crippen LogP contribution in [0.3, 0.4) is 0 Å².